The fourth-order valence-corrected chi connectivity index (χ4v) is 2.44. The maximum absolute atomic E-state index is 10.8. The van der Waals surface area contributed by atoms with Gasteiger partial charge in [-0.15, -0.1) is 0 Å². The highest BCUT2D eigenvalue weighted by Gasteiger charge is 2.07. The van der Waals surface area contributed by atoms with Gasteiger partial charge in [0, 0.05) is 24.9 Å². The van der Waals surface area contributed by atoms with E-state index in [-0.39, 0.29) is 5.69 Å². The van der Waals surface area contributed by atoms with Crippen molar-refractivity contribution in [3.05, 3.63) is 88.5 Å². The van der Waals surface area contributed by atoms with Gasteiger partial charge in [0.2, 0.25) is 0 Å². The molecule has 0 radical (unpaired) electrons. The lowest BCUT2D eigenvalue weighted by Gasteiger charge is -2.10. The van der Waals surface area contributed by atoms with Crippen molar-refractivity contribution in [1.29, 1.82) is 0 Å². The number of non-ortho nitro benzene ring substituents is 1. The van der Waals surface area contributed by atoms with E-state index in [0.717, 1.165) is 12.2 Å². The van der Waals surface area contributed by atoms with Crippen LogP contribution >= 0.6 is 0 Å². The van der Waals surface area contributed by atoms with E-state index in [4.69, 9.17) is 4.74 Å². The number of nitrogens with zero attached hydrogens (tertiary/aromatic N) is 3. The lowest BCUT2D eigenvalue weighted by atomic mass is 10.1. The van der Waals surface area contributed by atoms with Gasteiger partial charge in [0.15, 0.2) is 0 Å². The Morgan fingerprint density at radius 1 is 1.12 bits per heavy atom. The molecular formula is C18H17N3O3. The van der Waals surface area contributed by atoms with Crippen LogP contribution in [0, 0.1) is 10.1 Å². The molecule has 1 aromatic heterocycles. The Morgan fingerprint density at radius 2 is 1.96 bits per heavy atom. The molecule has 3 rings (SSSR count). The number of nitro benzene ring substituents is 1. The lowest BCUT2D eigenvalue weighted by Crippen LogP contribution is -2.11. The third-order valence-electron chi connectivity index (χ3n) is 3.64. The van der Waals surface area contributed by atoms with Crippen molar-refractivity contribution in [3.8, 4) is 5.75 Å². The lowest BCUT2D eigenvalue weighted by molar-refractivity contribution is -0.384. The molecule has 3 aromatic rings. The van der Waals surface area contributed by atoms with Crippen LogP contribution in [0.5, 0.6) is 5.75 Å². The van der Waals surface area contributed by atoms with Crippen molar-refractivity contribution < 1.29 is 9.66 Å². The Kier molecular flexibility index (Phi) is 4.86. The Hall–Kier alpha value is -3.15. The second-order valence-electron chi connectivity index (χ2n) is 5.30. The van der Waals surface area contributed by atoms with Crippen molar-refractivity contribution >= 4 is 5.69 Å². The number of hydrogen-bond acceptors (Lipinski definition) is 4. The molecule has 0 N–H and O–H groups in total. The summed E-state index contributed by atoms with van der Waals surface area (Å²) in [5.74, 6) is 1.46. The normalized spacial score (nSPS) is 10.5. The Morgan fingerprint density at radius 3 is 2.75 bits per heavy atom. The molecule has 0 spiro atoms. The van der Waals surface area contributed by atoms with Gasteiger partial charge in [0.25, 0.3) is 5.69 Å². The van der Waals surface area contributed by atoms with E-state index < -0.39 is 4.92 Å². The predicted molar refractivity (Wildman–Crippen MR) is 90.1 cm³/mol. The molecular weight excluding hydrogens is 306 g/mol. The molecule has 0 aliphatic heterocycles. The van der Waals surface area contributed by atoms with E-state index in [1.165, 1.54) is 17.7 Å². The highest BCUT2D eigenvalue weighted by atomic mass is 16.6. The van der Waals surface area contributed by atoms with Crippen LogP contribution < -0.4 is 4.74 Å². The van der Waals surface area contributed by atoms with Crippen LogP contribution in [0.4, 0.5) is 5.69 Å². The third kappa shape index (κ3) is 3.98. The quantitative estimate of drug-likeness (QED) is 0.493. The van der Waals surface area contributed by atoms with E-state index in [1.807, 2.05) is 29.0 Å². The first-order valence-electron chi connectivity index (χ1n) is 7.63. The minimum Gasteiger partial charge on any atom is -0.491 e. The average Bonchev–Trinajstić information content (AvgIpc) is 3.03. The molecule has 0 fully saturated rings. The van der Waals surface area contributed by atoms with E-state index in [0.29, 0.717) is 18.9 Å². The fraction of sp³-hybridized carbons (Fsp3) is 0.167. The van der Waals surface area contributed by atoms with Gasteiger partial charge in [-0.3, -0.25) is 10.1 Å². The van der Waals surface area contributed by atoms with Gasteiger partial charge in [-0.1, -0.05) is 36.4 Å². The van der Waals surface area contributed by atoms with Crippen LogP contribution in [0.15, 0.2) is 67.0 Å². The number of ether oxygens (including phenoxy) is 1. The molecule has 0 amide bonds. The minimum atomic E-state index is -0.430. The topological polar surface area (TPSA) is 70.2 Å². The number of imidazole rings is 1. The van der Waals surface area contributed by atoms with Crippen LogP contribution in [0.1, 0.15) is 11.4 Å². The molecule has 0 unspecified atom stereocenters. The zero-order valence-electron chi connectivity index (χ0n) is 13.0. The molecule has 6 heteroatoms. The standard InChI is InChI=1S/C18H17N3O3/c22-21(23)16-7-4-8-17(14-16)24-12-11-20-10-9-19-18(20)13-15-5-2-1-3-6-15/h1-10,14H,11-13H2. The zero-order valence-corrected chi connectivity index (χ0v) is 13.0. The number of benzene rings is 2. The average molecular weight is 323 g/mol. The van der Waals surface area contributed by atoms with Crippen molar-refractivity contribution in [2.24, 2.45) is 0 Å². The van der Waals surface area contributed by atoms with Gasteiger partial charge in [-0.05, 0) is 11.6 Å². The number of rotatable bonds is 7. The van der Waals surface area contributed by atoms with E-state index in [9.17, 15) is 10.1 Å². The molecule has 0 aliphatic rings. The molecule has 0 aliphatic carbocycles. The first-order valence-corrected chi connectivity index (χ1v) is 7.63. The maximum atomic E-state index is 10.8. The Bertz CT molecular complexity index is 815. The molecule has 0 saturated carbocycles. The summed E-state index contributed by atoms with van der Waals surface area (Å²) in [6.45, 7) is 1.05. The van der Waals surface area contributed by atoms with E-state index in [2.05, 4.69) is 17.1 Å². The summed E-state index contributed by atoms with van der Waals surface area (Å²) in [6, 6.07) is 16.3. The monoisotopic (exact) mass is 323 g/mol. The predicted octanol–water partition coefficient (Wildman–Crippen LogP) is 3.46. The highest BCUT2D eigenvalue weighted by molar-refractivity contribution is 5.37. The number of nitro groups is 1. The van der Waals surface area contributed by atoms with Crippen LogP contribution in [-0.2, 0) is 13.0 Å². The summed E-state index contributed by atoms with van der Waals surface area (Å²) in [4.78, 5) is 14.7. The van der Waals surface area contributed by atoms with Crippen molar-refractivity contribution in [2.45, 2.75) is 13.0 Å². The fourth-order valence-electron chi connectivity index (χ4n) is 2.44. The van der Waals surface area contributed by atoms with Crippen molar-refractivity contribution in [2.75, 3.05) is 6.61 Å². The molecule has 0 atom stereocenters. The van der Waals surface area contributed by atoms with Crippen LogP contribution in [0.2, 0.25) is 0 Å². The molecule has 2 aromatic carbocycles. The highest BCUT2D eigenvalue weighted by Crippen LogP contribution is 2.19. The molecule has 122 valence electrons. The second kappa shape index (κ2) is 7.41. The molecule has 6 nitrogen and oxygen atoms in total. The van der Waals surface area contributed by atoms with Gasteiger partial charge >= 0.3 is 0 Å². The van der Waals surface area contributed by atoms with E-state index >= 15 is 0 Å². The smallest absolute Gasteiger partial charge is 0.273 e. The van der Waals surface area contributed by atoms with E-state index in [1.54, 1.807) is 18.3 Å². The molecule has 0 saturated heterocycles. The van der Waals surface area contributed by atoms with Gasteiger partial charge < -0.3 is 9.30 Å². The molecule has 24 heavy (non-hydrogen) atoms. The van der Waals surface area contributed by atoms with Crippen LogP contribution in [0.25, 0.3) is 0 Å². The summed E-state index contributed by atoms with van der Waals surface area (Å²) >= 11 is 0. The van der Waals surface area contributed by atoms with Crippen molar-refractivity contribution in [1.82, 2.24) is 9.55 Å². The number of hydrogen-bond donors (Lipinski definition) is 0. The summed E-state index contributed by atoms with van der Waals surface area (Å²) in [5.41, 5.74) is 1.23. The third-order valence-corrected chi connectivity index (χ3v) is 3.64. The largest absolute Gasteiger partial charge is 0.491 e. The second-order valence-corrected chi connectivity index (χ2v) is 5.30. The SMILES string of the molecule is O=[N+]([O-])c1cccc(OCCn2ccnc2Cc2ccccc2)c1. The van der Waals surface area contributed by atoms with Gasteiger partial charge in [0.05, 0.1) is 17.5 Å². The number of aromatic nitrogens is 2. The first-order chi connectivity index (χ1) is 11.7. The van der Waals surface area contributed by atoms with Gasteiger partial charge in [-0.2, -0.15) is 0 Å². The zero-order chi connectivity index (χ0) is 16.8. The van der Waals surface area contributed by atoms with Crippen LogP contribution in [-0.4, -0.2) is 21.1 Å². The minimum absolute atomic E-state index is 0.0277. The van der Waals surface area contributed by atoms with Gasteiger partial charge in [0.1, 0.15) is 18.2 Å². The Labute approximate surface area is 139 Å². The molecule has 1 heterocycles. The van der Waals surface area contributed by atoms with Crippen molar-refractivity contribution in [3.63, 3.8) is 0 Å². The summed E-state index contributed by atoms with van der Waals surface area (Å²) < 4.78 is 7.65. The van der Waals surface area contributed by atoms with Crippen LogP contribution in [0.3, 0.4) is 0 Å². The van der Waals surface area contributed by atoms with Gasteiger partial charge in [-0.25, -0.2) is 4.98 Å². The summed E-state index contributed by atoms with van der Waals surface area (Å²) in [6.07, 6.45) is 4.44. The summed E-state index contributed by atoms with van der Waals surface area (Å²) in [5, 5.41) is 10.8. The first kappa shape index (κ1) is 15.7. The maximum Gasteiger partial charge on any atom is 0.273 e. The Balaban J connectivity index is 1.59. The molecule has 0 bridgehead atoms. The summed E-state index contributed by atoms with van der Waals surface area (Å²) in [7, 11) is 0.